The Kier molecular flexibility index (Phi) is 5.42. The van der Waals surface area contributed by atoms with E-state index in [1.807, 2.05) is 24.3 Å². The molecule has 0 N–H and O–H groups in total. The third-order valence-corrected chi connectivity index (χ3v) is 4.81. The Balaban J connectivity index is 2.33. The van der Waals surface area contributed by atoms with Gasteiger partial charge in [-0.05, 0) is 40.6 Å². The Morgan fingerprint density at radius 2 is 1.89 bits per heavy atom. The van der Waals surface area contributed by atoms with Crippen LogP contribution in [0.2, 0.25) is 10.2 Å². The Labute approximate surface area is 136 Å². The fourth-order valence-corrected chi connectivity index (χ4v) is 2.73. The van der Waals surface area contributed by atoms with E-state index in [0.717, 1.165) is 38.5 Å². The Morgan fingerprint density at radius 3 is 2.58 bits per heavy atom. The first-order chi connectivity index (χ1) is 9.11. The van der Waals surface area contributed by atoms with E-state index in [2.05, 4.69) is 39.5 Å². The molecule has 100 valence electrons. The number of aromatic nitrogens is 2. The zero-order valence-electron chi connectivity index (χ0n) is 10.5. The van der Waals surface area contributed by atoms with E-state index in [1.165, 1.54) is 0 Å². The highest BCUT2D eigenvalue weighted by Gasteiger charge is 2.11. The molecule has 5 heteroatoms. The predicted octanol–water partition coefficient (Wildman–Crippen LogP) is 4.93. The maximum absolute atomic E-state index is 6.17. The van der Waals surface area contributed by atoms with Crippen LogP contribution in [0.3, 0.4) is 0 Å². The van der Waals surface area contributed by atoms with Gasteiger partial charge >= 0.3 is 0 Å². The van der Waals surface area contributed by atoms with Crippen LogP contribution >= 0.6 is 45.8 Å². The molecule has 0 radical (unpaired) electrons. The average molecular weight is 407 g/mol. The van der Waals surface area contributed by atoms with E-state index < -0.39 is 0 Å². The van der Waals surface area contributed by atoms with Crippen molar-refractivity contribution in [2.24, 2.45) is 0 Å². The Hall–Kier alpha value is -0.390. The van der Waals surface area contributed by atoms with E-state index >= 15 is 0 Å². The van der Waals surface area contributed by atoms with Crippen LogP contribution in [0.25, 0.3) is 0 Å². The maximum atomic E-state index is 6.17. The molecule has 0 unspecified atom stereocenters. The number of nitrogens with zero attached hydrogens (tertiary/aromatic N) is 2. The van der Waals surface area contributed by atoms with Crippen molar-refractivity contribution in [2.75, 3.05) is 0 Å². The molecule has 0 aliphatic rings. The molecule has 0 saturated carbocycles. The van der Waals surface area contributed by atoms with Gasteiger partial charge < -0.3 is 0 Å². The molecule has 1 heterocycles. The van der Waals surface area contributed by atoms with Crippen LogP contribution in [0.4, 0.5) is 0 Å². The summed E-state index contributed by atoms with van der Waals surface area (Å²) in [6.45, 7) is 2.12. The smallest absolute Gasteiger partial charge is 0.146 e. The summed E-state index contributed by atoms with van der Waals surface area (Å²) in [7, 11) is 0. The lowest BCUT2D eigenvalue weighted by Gasteiger charge is -2.08. The predicted molar refractivity (Wildman–Crippen MR) is 88.0 cm³/mol. The minimum atomic E-state index is 0.529. The fourth-order valence-electron chi connectivity index (χ4n) is 1.80. The van der Waals surface area contributed by atoms with Gasteiger partial charge in [0.2, 0.25) is 0 Å². The van der Waals surface area contributed by atoms with Crippen molar-refractivity contribution in [2.45, 2.75) is 26.2 Å². The maximum Gasteiger partial charge on any atom is 0.146 e. The molecule has 1 aromatic carbocycles. The third kappa shape index (κ3) is 3.80. The van der Waals surface area contributed by atoms with E-state index in [4.69, 9.17) is 23.2 Å². The molecule has 0 bridgehead atoms. The van der Waals surface area contributed by atoms with Gasteiger partial charge in [-0.2, -0.15) is 0 Å². The highest BCUT2D eigenvalue weighted by Crippen LogP contribution is 2.23. The summed E-state index contributed by atoms with van der Waals surface area (Å²) < 4.78 is 0.948. The summed E-state index contributed by atoms with van der Waals surface area (Å²) >= 11 is 14.5. The largest absolute Gasteiger partial charge is 0.236 e. The Bertz CT molecular complexity index is 588. The van der Waals surface area contributed by atoms with E-state index in [-0.39, 0.29) is 0 Å². The minimum absolute atomic E-state index is 0.529. The second-order valence-corrected chi connectivity index (χ2v) is 6.05. The molecule has 0 aliphatic carbocycles. The monoisotopic (exact) mass is 406 g/mol. The summed E-state index contributed by atoms with van der Waals surface area (Å²) in [6.07, 6.45) is 2.55. The van der Waals surface area contributed by atoms with Crippen LogP contribution in [-0.4, -0.2) is 9.97 Å². The summed E-state index contributed by atoms with van der Waals surface area (Å²) in [4.78, 5) is 8.94. The fraction of sp³-hybridized carbons (Fsp3) is 0.286. The van der Waals surface area contributed by atoms with Crippen molar-refractivity contribution in [3.63, 3.8) is 0 Å². The molecule has 2 rings (SSSR count). The van der Waals surface area contributed by atoms with Crippen LogP contribution in [-0.2, 0) is 12.8 Å². The lowest BCUT2D eigenvalue weighted by molar-refractivity contribution is 0.833. The lowest BCUT2D eigenvalue weighted by Crippen LogP contribution is -2.04. The first-order valence-electron chi connectivity index (χ1n) is 6.06. The number of hydrogen-bond donors (Lipinski definition) is 0. The first kappa shape index (κ1) is 15.0. The van der Waals surface area contributed by atoms with E-state index in [0.29, 0.717) is 11.6 Å². The molecular weight excluding hydrogens is 394 g/mol. The molecule has 0 amide bonds. The van der Waals surface area contributed by atoms with Gasteiger partial charge in [-0.1, -0.05) is 54.7 Å². The summed E-state index contributed by atoms with van der Waals surface area (Å²) in [5.74, 6) is 0.724. The molecular formula is C14H13Cl2IN2. The standard InChI is InChI=1S/C14H13Cl2IN2/c1-2-5-11-13(17)14(16)19-12(18-11)8-9-6-3-4-7-10(9)15/h3-4,6-7H,2,5,8H2,1H3. The second kappa shape index (κ2) is 6.86. The molecule has 0 fully saturated rings. The van der Waals surface area contributed by atoms with Crippen LogP contribution < -0.4 is 0 Å². The quantitative estimate of drug-likeness (QED) is 0.531. The molecule has 0 saturated heterocycles. The molecule has 2 nitrogen and oxygen atoms in total. The topological polar surface area (TPSA) is 25.8 Å². The second-order valence-electron chi connectivity index (χ2n) is 4.21. The van der Waals surface area contributed by atoms with Crippen molar-refractivity contribution in [1.29, 1.82) is 0 Å². The van der Waals surface area contributed by atoms with E-state index in [1.54, 1.807) is 0 Å². The first-order valence-corrected chi connectivity index (χ1v) is 7.89. The van der Waals surface area contributed by atoms with Crippen LogP contribution in [0, 0.1) is 3.57 Å². The highest BCUT2D eigenvalue weighted by atomic mass is 127. The van der Waals surface area contributed by atoms with Crippen molar-refractivity contribution >= 4 is 45.8 Å². The van der Waals surface area contributed by atoms with Crippen molar-refractivity contribution in [3.05, 3.63) is 55.1 Å². The van der Waals surface area contributed by atoms with Crippen LogP contribution in [0.1, 0.15) is 30.4 Å². The van der Waals surface area contributed by atoms with Crippen LogP contribution in [0.5, 0.6) is 0 Å². The van der Waals surface area contributed by atoms with Gasteiger partial charge in [-0.3, -0.25) is 0 Å². The van der Waals surface area contributed by atoms with E-state index in [9.17, 15) is 0 Å². The highest BCUT2D eigenvalue weighted by molar-refractivity contribution is 14.1. The zero-order valence-corrected chi connectivity index (χ0v) is 14.1. The number of hydrogen-bond acceptors (Lipinski definition) is 2. The van der Waals surface area contributed by atoms with Gasteiger partial charge in [0.25, 0.3) is 0 Å². The Morgan fingerprint density at radius 1 is 1.16 bits per heavy atom. The molecule has 1 aromatic heterocycles. The molecule has 0 spiro atoms. The van der Waals surface area contributed by atoms with Gasteiger partial charge in [0.05, 0.1) is 9.26 Å². The summed E-state index contributed by atoms with van der Waals surface area (Å²) in [6, 6.07) is 7.73. The number of rotatable bonds is 4. The summed E-state index contributed by atoms with van der Waals surface area (Å²) in [5, 5.41) is 1.26. The van der Waals surface area contributed by atoms with Crippen molar-refractivity contribution < 1.29 is 0 Å². The third-order valence-electron chi connectivity index (χ3n) is 2.72. The number of benzene rings is 1. The van der Waals surface area contributed by atoms with Gasteiger partial charge in [0, 0.05) is 11.4 Å². The molecule has 0 atom stereocenters. The number of halogens is 3. The van der Waals surface area contributed by atoms with Gasteiger partial charge in [-0.25, -0.2) is 9.97 Å². The average Bonchev–Trinajstić information content (AvgIpc) is 2.38. The van der Waals surface area contributed by atoms with Gasteiger partial charge in [-0.15, -0.1) is 0 Å². The normalized spacial score (nSPS) is 10.7. The van der Waals surface area contributed by atoms with Gasteiger partial charge in [0.1, 0.15) is 11.0 Å². The SMILES string of the molecule is CCCc1nc(Cc2ccccc2Cl)nc(Cl)c1I. The molecule has 19 heavy (non-hydrogen) atoms. The summed E-state index contributed by atoms with van der Waals surface area (Å²) in [5.41, 5.74) is 2.04. The minimum Gasteiger partial charge on any atom is -0.236 e. The zero-order chi connectivity index (χ0) is 13.8. The molecule has 0 aliphatic heterocycles. The van der Waals surface area contributed by atoms with Gasteiger partial charge in [0.15, 0.2) is 0 Å². The molecule has 2 aromatic rings. The van der Waals surface area contributed by atoms with Crippen molar-refractivity contribution in [3.8, 4) is 0 Å². The lowest BCUT2D eigenvalue weighted by atomic mass is 10.1. The van der Waals surface area contributed by atoms with Crippen LogP contribution in [0.15, 0.2) is 24.3 Å². The van der Waals surface area contributed by atoms with Crippen molar-refractivity contribution in [1.82, 2.24) is 9.97 Å². The number of aryl methyl sites for hydroxylation is 1.